The average molecular weight is 401 g/mol. The van der Waals surface area contributed by atoms with Crippen molar-refractivity contribution in [2.75, 3.05) is 7.11 Å². The lowest BCUT2D eigenvalue weighted by Gasteiger charge is -2.02. The van der Waals surface area contributed by atoms with E-state index in [2.05, 4.69) is 21.6 Å². The van der Waals surface area contributed by atoms with Crippen LogP contribution in [0.3, 0.4) is 0 Å². The molecule has 132 valence electrons. The number of thiophene rings is 1. The minimum absolute atomic E-state index is 0.761. The molecule has 1 aromatic carbocycles. The van der Waals surface area contributed by atoms with Gasteiger partial charge >= 0.3 is 0 Å². The third-order valence-corrected chi connectivity index (χ3v) is 6.65. The number of nitrogens with zero attached hydrogens (tertiary/aromatic N) is 4. The number of hydrogen-bond acceptors (Lipinski definition) is 7. The second-order valence-corrected chi connectivity index (χ2v) is 8.26. The normalized spacial score (nSPS) is 11.0. The topological polar surface area (TPSA) is 52.8 Å². The summed E-state index contributed by atoms with van der Waals surface area (Å²) >= 11 is 4.96. The van der Waals surface area contributed by atoms with E-state index in [0.717, 1.165) is 43.6 Å². The van der Waals surface area contributed by atoms with E-state index in [4.69, 9.17) is 9.72 Å². The predicted octanol–water partition coefficient (Wildman–Crippen LogP) is 4.97. The van der Waals surface area contributed by atoms with Gasteiger partial charge in [-0.25, -0.2) is 4.98 Å². The summed E-state index contributed by atoms with van der Waals surface area (Å²) in [6.45, 7) is 0. The molecular weight excluding hydrogens is 384 g/mol. The summed E-state index contributed by atoms with van der Waals surface area (Å²) < 4.78 is 7.32. The fraction of sp³-hybridized carbons (Fsp3) is 0.167. The Labute approximate surface area is 163 Å². The van der Waals surface area contributed by atoms with Crippen LogP contribution in [-0.4, -0.2) is 26.9 Å². The summed E-state index contributed by atoms with van der Waals surface area (Å²) in [6, 6.07) is 12.1. The van der Waals surface area contributed by atoms with Crippen LogP contribution in [0.25, 0.3) is 21.3 Å². The number of ether oxygens (including phenoxy) is 1. The van der Waals surface area contributed by atoms with Crippen LogP contribution in [0.5, 0.6) is 5.75 Å². The van der Waals surface area contributed by atoms with E-state index in [1.54, 1.807) is 41.5 Å². The summed E-state index contributed by atoms with van der Waals surface area (Å²) in [5, 5.41) is 14.7. The van der Waals surface area contributed by atoms with Crippen molar-refractivity contribution in [2.24, 2.45) is 7.05 Å². The molecule has 3 heterocycles. The Hall–Kier alpha value is -2.16. The molecule has 26 heavy (non-hydrogen) atoms. The van der Waals surface area contributed by atoms with Gasteiger partial charge in [0, 0.05) is 23.7 Å². The number of rotatable bonds is 6. The largest absolute Gasteiger partial charge is 0.497 e. The Morgan fingerprint density at radius 1 is 1.15 bits per heavy atom. The first-order chi connectivity index (χ1) is 12.7. The third kappa shape index (κ3) is 3.53. The van der Waals surface area contributed by atoms with E-state index >= 15 is 0 Å². The molecule has 4 rings (SSSR count). The van der Waals surface area contributed by atoms with E-state index < -0.39 is 0 Å². The van der Waals surface area contributed by atoms with Gasteiger partial charge in [-0.1, -0.05) is 30.0 Å². The van der Waals surface area contributed by atoms with Crippen molar-refractivity contribution in [1.29, 1.82) is 0 Å². The lowest BCUT2D eigenvalue weighted by molar-refractivity contribution is 0.415. The minimum Gasteiger partial charge on any atom is -0.497 e. The van der Waals surface area contributed by atoms with Crippen molar-refractivity contribution in [3.8, 4) is 27.0 Å². The van der Waals surface area contributed by atoms with Gasteiger partial charge in [0.1, 0.15) is 10.8 Å². The second kappa shape index (κ2) is 7.61. The van der Waals surface area contributed by atoms with E-state index in [9.17, 15) is 0 Å². The smallest absolute Gasteiger partial charge is 0.191 e. The van der Waals surface area contributed by atoms with Gasteiger partial charge in [-0.05, 0) is 23.6 Å². The number of aromatic nitrogens is 4. The first-order valence-electron chi connectivity index (χ1n) is 7.89. The molecule has 4 aromatic rings. The highest BCUT2D eigenvalue weighted by Gasteiger charge is 2.13. The molecule has 0 aliphatic heterocycles. The van der Waals surface area contributed by atoms with Crippen molar-refractivity contribution in [3.05, 3.63) is 52.9 Å². The molecule has 0 saturated carbocycles. The van der Waals surface area contributed by atoms with Crippen molar-refractivity contribution < 1.29 is 4.74 Å². The van der Waals surface area contributed by atoms with Gasteiger partial charge in [-0.2, -0.15) is 0 Å². The van der Waals surface area contributed by atoms with Gasteiger partial charge in [-0.15, -0.1) is 32.9 Å². The van der Waals surface area contributed by atoms with Crippen molar-refractivity contribution in [1.82, 2.24) is 19.7 Å². The van der Waals surface area contributed by atoms with Gasteiger partial charge in [-0.3, -0.25) is 0 Å². The summed E-state index contributed by atoms with van der Waals surface area (Å²) in [6.07, 6.45) is 0. The molecule has 0 bridgehead atoms. The molecule has 8 heteroatoms. The molecule has 0 amide bonds. The quantitative estimate of drug-likeness (QED) is 0.428. The Morgan fingerprint density at radius 3 is 2.88 bits per heavy atom. The van der Waals surface area contributed by atoms with E-state index in [1.807, 2.05) is 47.3 Å². The Balaban J connectivity index is 1.47. The third-order valence-electron chi connectivity index (χ3n) is 3.79. The zero-order valence-corrected chi connectivity index (χ0v) is 16.7. The first-order valence-corrected chi connectivity index (χ1v) is 10.6. The van der Waals surface area contributed by atoms with Crippen LogP contribution in [0, 0.1) is 0 Å². The van der Waals surface area contributed by atoms with Crippen LogP contribution < -0.4 is 4.74 Å². The highest BCUT2D eigenvalue weighted by Crippen LogP contribution is 2.30. The molecule has 3 aromatic heterocycles. The summed E-state index contributed by atoms with van der Waals surface area (Å²) in [4.78, 5) is 5.87. The van der Waals surface area contributed by atoms with Crippen LogP contribution in [-0.2, 0) is 12.8 Å². The number of hydrogen-bond donors (Lipinski definition) is 0. The summed E-state index contributed by atoms with van der Waals surface area (Å²) in [5.74, 6) is 2.50. The number of thiazole rings is 1. The summed E-state index contributed by atoms with van der Waals surface area (Å²) in [5.41, 5.74) is 2.11. The fourth-order valence-corrected chi connectivity index (χ4v) is 4.93. The van der Waals surface area contributed by atoms with E-state index in [0.29, 0.717) is 0 Å². The standard InChI is InChI=1S/C18H16N4OS3/c1-22-16(15-7-4-8-24-15)20-21-18(22)26-11-13-10-25-17(19-13)12-5-3-6-14(9-12)23-2/h3-10H,11H2,1-2H3. The zero-order chi connectivity index (χ0) is 17.9. The maximum Gasteiger partial charge on any atom is 0.191 e. The number of benzene rings is 1. The molecule has 0 saturated heterocycles. The molecule has 0 fully saturated rings. The van der Waals surface area contributed by atoms with Crippen LogP contribution in [0.15, 0.2) is 52.3 Å². The molecule has 0 aliphatic rings. The van der Waals surface area contributed by atoms with Crippen LogP contribution >= 0.6 is 34.4 Å². The first kappa shape index (κ1) is 17.3. The molecule has 0 N–H and O–H groups in total. The van der Waals surface area contributed by atoms with Gasteiger partial charge in [0.2, 0.25) is 0 Å². The highest BCUT2D eigenvalue weighted by molar-refractivity contribution is 7.98. The van der Waals surface area contributed by atoms with Gasteiger partial charge in [0.15, 0.2) is 11.0 Å². The van der Waals surface area contributed by atoms with Crippen LogP contribution in [0.1, 0.15) is 5.69 Å². The average Bonchev–Trinajstić information content (AvgIpc) is 3.41. The minimum atomic E-state index is 0.761. The lowest BCUT2D eigenvalue weighted by Crippen LogP contribution is -1.94. The number of thioether (sulfide) groups is 1. The highest BCUT2D eigenvalue weighted by atomic mass is 32.2. The molecular formula is C18H16N4OS3. The second-order valence-electron chi connectivity index (χ2n) is 5.51. The fourth-order valence-electron chi connectivity index (χ4n) is 2.46. The lowest BCUT2D eigenvalue weighted by atomic mass is 10.2. The number of methoxy groups -OCH3 is 1. The predicted molar refractivity (Wildman–Crippen MR) is 108 cm³/mol. The molecule has 0 radical (unpaired) electrons. The monoisotopic (exact) mass is 400 g/mol. The van der Waals surface area contributed by atoms with Crippen molar-refractivity contribution >= 4 is 34.4 Å². The molecule has 0 aliphatic carbocycles. The zero-order valence-electron chi connectivity index (χ0n) is 14.2. The molecule has 0 spiro atoms. The molecule has 0 atom stereocenters. The van der Waals surface area contributed by atoms with Gasteiger partial charge in [0.05, 0.1) is 17.7 Å². The van der Waals surface area contributed by atoms with Crippen LogP contribution in [0.4, 0.5) is 0 Å². The molecule has 0 unspecified atom stereocenters. The van der Waals surface area contributed by atoms with E-state index in [1.165, 1.54) is 0 Å². The SMILES string of the molecule is COc1cccc(-c2nc(CSc3nnc(-c4cccs4)n3C)cs2)c1. The Bertz CT molecular complexity index is 1010. The maximum atomic E-state index is 5.29. The Morgan fingerprint density at radius 2 is 2.08 bits per heavy atom. The Kier molecular flexibility index (Phi) is 5.05. The molecule has 5 nitrogen and oxygen atoms in total. The maximum absolute atomic E-state index is 5.29. The van der Waals surface area contributed by atoms with Gasteiger partial charge in [0.25, 0.3) is 0 Å². The summed E-state index contributed by atoms with van der Waals surface area (Å²) in [7, 11) is 3.68. The van der Waals surface area contributed by atoms with Crippen molar-refractivity contribution in [2.45, 2.75) is 10.9 Å². The van der Waals surface area contributed by atoms with Crippen molar-refractivity contribution in [3.63, 3.8) is 0 Å². The van der Waals surface area contributed by atoms with Gasteiger partial charge < -0.3 is 9.30 Å². The van der Waals surface area contributed by atoms with Crippen LogP contribution in [0.2, 0.25) is 0 Å². The van der Waals surface area contributed by atoms with E-state index in [-0.39, 0.29) is 0 Å².